The Morgan fingerprint density at radius 2 is 1.97 bits per heavy atom. The maximum Gasteiger partial charge on any atom is 0.320 e. The Morgan fingerprint density at radius 1 is 1.17 bits per heavy atom. The average molecular weight is 401 g/mol. The van der Waals surface area contributed by atoms with Gasteiger partial charge in [-0.05, 0) is 50.8 Å². The van der Waals surface area contributed by atoms with E-state index in [4.69, 9.17) is 0 Å². The largest absolute Gasteiger partial charge is 0.352 e. The normalized spacial score (nSPS) is 19.4. The molecule has 4 amide bonds. The van der Waals surface area contributed by atoms with E-state index in [9.17, 15) is 14.4 Å². The van der Waals surface area contributed by atoms with Gasteiger partial charge in [0.25, 0.3) is 0 Å². The topological polar surface area (TPSA) is 73.0 Å². The van der Waals surface area contributed by atoms with E-state index in [2.05, 4.69) is 5.32 Å². The summed E-state index contributed by atoms with van der Waals surface area (Å²) < 4.78 is 0. The second-order valence-corrected chi connectivity index (χ2v) is 7.78. The Morgan fingerprint density at radius 3 is 2.66 bits per heavy atom. The lowest BCUT2D eigenvalue weighted by Crippen LogP contribution is -2.50. The lowest BCUT2D eigenvalue weighted by atomic mass is 9.97. The molecule has 2 heterocycles. The Hall–Kier alpha value is -2.57. The lowest BCUT2D eigenvalue weighted by molar-refractivity contribution is -0.126. The molecule has 1 atom stereocenters. The Bertz CT molecular complexity index is 747. The van der Waals surface area contributed by atoms with Crippen LogP contribution in [-0.4, -0.2) is 60.4 Å². The first-order chi connectivity index (χ1) is 14.0. The summed E-state index contributed by atoms with van der Waals surface area (Å²) >= 11 is 0. The number of hydrogen-bond acceptors (Lipinski definition) is 3. The SMILES string of the molecule is CCN(CC)C(=O)N1CCCC(C(=O)NCc2cccc(N3CCCC3=O)c2)C1. The van der Waals surface area contributed by atoms with Crippen LogP contribution in [0.3, 0.4) is 0 Å². The molecule has 0 spiro atoms. The van der Waals surface area contributed by atoms with Gasteiger partial charge in [-0.15, -0.1) is 0 Å². The maximum atomic E-state index is 12.7. The minimum absolute atomic E-state index is 0.00954. The van der Waals surface area contributed by atoms with E-state index < -0.39 is 0 Å². The Balaban J connectivity index is 1.55. The monoisotopic (exact) mass is 400 g/mol. The lowest BCUT2D eigenvalue weighted by Gasteiger charge is -2.35. The molecule has 0 saturated carbocycles. The summed E-state index contributed by atoms with van der Waals surface area (Å²) in [6.45, 7) is 7.67. The molecule has 2 aliphatic heterocycles. The van der Waals surface area contributed by atoms with Gasteiger partial charge in [0.1, 0.15) is 0 Å². The van der Waals surface area contributed by atoms with Crippen LogP contribution in [0.4, 0.5) is 10.5 Å². The highest BCUT2D eigenvalue weighted by molar-refractivity contribution is 5.95. The number of piperidine rings is 1. The number of carbonyl (C=O) groups excluding carboxylic acids is 3. The number of carbonyl (C=O) groups is 3. The maximum absolute atomic E-state index is 12.7. The van der Waals surface area contributed by atoms with E-state index in [1.807, 2.05) is 43.0 Å². The van der Waals surface area contributed by atoms with E-state index in [0.29, 0.717) is 39.1 Å². The van der Waals surface area contributed by atoms with Crippen molar-refractivity contribution < 1.29 is 14.4 Å². The van der Waals surface area contributed by atoms with Crippen molar-refractivity contribution in [2.24, 2.45) is 5.92 Å². The first-order valence-electron chi connectivity index (χ1n) is 10.7. The number of anilines is 1. The third kappa shape index (κ3) is 5.08. The molecule has 3 rings (SSSR count). The van der Waals surface area contributed by atoms with E-state index >= 15 is 0 Å². The highest BCUT2D eigenvalue weighted by Gasteiger charge is 2.30. The van der Waals surface area contributed by atoms with Gasteiger partial charge >= 0.3 is 6.03 Å². The van der Waals surface area contributed by atoms with Crippen molar-refractivity contribution in [3.63, 3.8) is 0 Å². The summed E-state index contributed by atoms with van der Waals surface area (Å²) in [5, 5.41) is 3.02. The van der Waals surface area contributed by atoms with Crippen LogP contribution in [0.2, 0.25) is 0 Å². The minimum Gasteiger partial charge on any atom is -0.352 e. The second-order valence-electron chi connectivity index (χ2n) is 7.78. The molecule has 7 nitrogen and oxygen atoms in total. The molecule has 0 aromatic heterocycles. The highest BCUT2D eigenvalue weighted by Crippen LogP contribution is 2.23. The molecule has 2 saturated heterocycles. The van der Waals surface area contributed by atoms with Crippen LogP contribution in [0.1, 0.15) is 45.1 Å². The smallest absolute Gasteiger partial charge is 0.320 e. The first kappa shape index (κ1) is 21.1. The fraction of sp³-hybridized carbons (Fsp3) is 0.591. The molecule has 2 aliphatic rings. The van der Waals surface area contributed by atoms with Crippen molar-refractivity contribution >= 4 is 23.5 Å². The molecular weight excluding hydrogens is 368 g/mol. The summed E-state index contributed by atoms with van der Waals surface area (Å²) in [6.07, 6.45) is 3.14. The molecule has 1 aromatic carbocycles. The third-order valence-corrected chi connectivity index (χ3v) is 5.86. The molecule has 29 heavy (non-hydrogen) atoms. The fourth-order valence-corrected chi connectivity index (χ4v) is 4.15. The quantitative estimate of drug-likeness (QED) is 0.798. The second kappa shape index (κ2) is 9.76. The van der Waals surface area contributed by atoms with Crippen molar-refractivity contribution in [1.82, 2.24) is 15.1 Å². The van der Waals surface area contributed by atoms with Crippen LogP contribution in [0.15, 0.2) is 24.3 Å². The molecule has 158 valence electrons. The third-order valence-electron chi connectivity index (χ3n) is 5.86. The van der Waals surface area contributed by atoms with E-state index in [1.165, 1.54) is 0 Å². The van der Waals surface area contributed by atoms with Gasteiger partial charge in [0.2, 0.25) is 11.8 Å². The molecule has 1 aromatic rings. The molecule has 0 radical (unpaired) electrons. The van der Waals surface area contributed by atoms with Crippen LogP contribution in [-0.2, 0) is 16.1 Å². The molecule has 0 aliphatic carbocycles. The predicted molar refractivity (Wildman–Crippen MR) is 112 cm³/mol. The molecule has 2 fully saturated rings. The van der Waals surface area contributed by atoms with Gasteiger partial charge in [-0.2, -0.15) is 0 Å². The van der Waals surface area contributed by atoms with Crippen LogP contribution in [0.5, 0.6) is 0 Å². The van der Waals surface area contributed by atoms with Gasteiger partial charge in [0, 0.05) is 51.4 Å². The van der Waals surface area contributed by atoms with Crippen molar-refractivity contribution in [3.8, 4) is 0 Å². The van der Waals surface area contributed by atoms with Crippen LogP contribution >= 0.6 is 0 Å². The number of rotatable bonds is 6. The zero-order chi connectivity index (χ0) is 20.8. The zero-order valence-electron chi connectivity index (χ0n) is 17.5. The van der Waals surface area contributed by atoms with Gasteiger partial charge in [-0.1, -0.05) is 12.1 Å². The van der Waals surface area contributed by atoms with Gasteiger partial charge in [0.15, 0.2) is 0 Å². The van der Waals surface area contributed by atoms with Gasteiger partial charge in [-0.3, -0.25) is 9.59 Å². The average Bonchev–Trinajstić information content (AvgIpc) is 3.19. The Labute approximate surface area is 173 Å². The standard InChI is InChI=1S/C22H32N4O3/c1-3-24(4-2)22(29)25-12-6-9-18(16-25)21(28)23-15-17-8-5-10-19(14-17)26-13-7-11-20(26)27/h5,8,10,14,18H,3-4,6-7,9,11-13,15-16H2,1-2H3,(H,23,28). The van der Waals surface area contributed by atoms with Crippen molar-refractivity contribution in [1.29, 1.82) is 0 Å². The summed E-state index contributed by atoms with van der Waals surface area (Å²) in [4.78, 5) is 42.7. The highest BCUT2D eigenvalue weighted by atomic mass is 16.2. The van der Waals surface area contributed by atoms with E-state index in [-0.39, 0.29) is 23.8 Å². The number of nitrogens with zero attached hydrogens (tertiary/aromatic N) is 3. The predicted octanol–water partition coefficient (Wildman–Crippen LogP) is 2.60. The van der Waals surface area contributed by atoms with Gasteiger partial charge in [0.05, 0.1) is 5.92 Å². The molecule has 1 unspecified atom stereocenters. The van der Waals surface area contributed by atoms with Crippen molar-refractivity contribution in [3.05, 3.63) is 29.8 Å². The Kier molecular flexibility index (Phi) is 7.12. The van der Waals surface area contributed by atoms with Crippen LogP contribution in [0, 0.1) is 5.92 Å². The number of urea groups is 1. The number of benzene rings is 1. The van der Waals surface area contributed by atoms with E-state index in [0.717, 1.165) is 37.1 Å². The molecule has 7 heteroatoms. The molecule has 0 bridgehead atoms. The summed E-state index contributed by atoms with van der Waals surface area (Å²) in [6, 6.07) is 7.82. The number of likely N-dealkylation sites (tertiary alicyclic amines) is 1. The zero-order valence-corrected chi connectivity index (χ0v) is 17.5. The van der Waals surface area contributed by atoms with Crippen molar-refractivity contribution in [2.75, 3.05) is 37.6 Å². The number of hydrogen-bond donors (Lipinski definition) is 1. The van der Waals surface area contributed by atoms with E-state index in [1.54, 1.807) is 9.80 Å². The van der Waals surface area contributed by atoms with Gasteiger partial charge < -0.3 is 20.0 Å². The van der Waals surface area contributed by atoms with Crippen LogP contribution < -0.4 is 10.2 Å². The van der Waals surface area contributed by atoms with Gasteiger partial charge in [-0.25, -0.2) is 4.79 Å². The number of amides is 4. The molecular formula is C22H32N4O3. The summed E-state index contributed by atoms with van der Waals surface area (Å²) in [7, 11) is 0. The molecule has 1 N–H and O–H groups in total. The van der Waals surface area contributed by atoms with Crippen molar-refractivity contribution in [2.45, 2.75) is 46.1 Å². The first-order valence-corrected chi connectivity index (χ1v) is 10.7. The summed E-state index contributed by atoms with van der Waals surface area (Å²) in [5.74, 6) is -0.0253. The summed E-state index contributed by atoms with van der Waals surface area (Å²) in [5.41, 5.74) is 1.87. The number of nitrogens with one attached hydrogen (secondary N) is 1. The minimum atomic E-state index is -0.174. The fourth-order valence-electron chi connectivity index (χ4n) is 4.15. The van der Waals surface area contributed by atoms with Crippen LogP contribution in [0.25, 0.3) is 0 Å².